The molecule has 0 saturated heterocycles. The number of rotatable bonds is 4. The summed E-state index contributed by atoms with van der Waals surface area (Å²) in [6.07, 6.45) is 8.97. The summed E-state index contributed by atoms with van der Waals surface area (Å²) in [5, 5.41) is 14.8. The van der Waals surface area contributed by atoms with Gasteiger partial charge in [0.2, 0.25) is 0 Å². The van der Waals surface area contributed by atoms with Crippen molar-refractivity contribution in [1.29, 1.82) is 0 Å². The van der Waals surface area contributed by atoms with E-state index < -0.39 is 0 Å². The number of hydrogen-bond donors (Lipinski definition) is 2. The van der Waals surface area contributed by atoms with Gasteiger partial charge < -0.3 is 10.5 Å². The molecule has 2 N–H and O–H groups in total. The van der Waals surface area contributed by atoms with Gasteiger partial charge in [-0.1, -0.05) is 17.3 Å². The minimum absolute atomic E-state index is 0.359. The van der Waals surface area contributed by atoms with Gasteiger partial charge in [0, 0.05) is 12.6 Å². The highest BCUT2D eigenvalue weighted by atomic mass is 16.4. The fourth-order valence-corrected chi connectivity index (χ4v) is 1.23. The molecular weight excluding hydrogens is 190 g/mol. The van der Waals surface area contributed by atoms with Crippen LogP contribution in [-0.4, -0.2) is 29.2 Å². The predicted molar refractivity (Wildman–Crippen MR) is 62.7 cm³/mol. The van der Waals surface area contributed by atoms with Crippen LogP contribution in [0.2, 0.25) is 0 Å². The van der Waals surface area contributed by atoms with E-state index in [-0.39, 0.29) is 0 Å². The van der Waals surface area contributed by atoms with E-state index in [1.807, 2.05) is 25.3 Å². The van der Waals surface area contributed by atoms with Gasteiger partial charge in [-0.25, -0.2) is 0 Å². The van der Waals surface area contributed by atoms with Crippen LogP contribution in [0.1, 0.15) is 20.3 Å². The van der Waals surface area contributed by atoms with Crippen LogP contribution in [0.5, 0.6) is 0 Å². The number of hydrogen-bond acceptors (Lipinski definition) is 4. The molecule has 0 spiro atoms. The first kappa shape index (κ1) is 11.5. The van der Waals surface area contributed by atoms with Gasteiger partial charge in [0.05, 0.1) is 11.4 Å². The van der Waals surface area contributed by atoms with E-state index in [1.54, 1.807) is 6.92 Å². The Hall–Kier alpha value is -1.58. The summed E-state index contributed by atoms with van der Waals surface area (Å²) in [4.78, 5) is 4.32. The second-order valence-electron chi connectivity index (χ2n) is 3.46. The van der Waals surface area contributed by atoms with Gasteiger partial charge in [0.25, 0.3) is 0 Å². The average Bonchev–Trinajstić information content (AvgIpc) is 2.29. The molecule has 0 aromatic rings. The second-order valence-corrected chi connectivity index (χ2v) is 3.46. The maximum absolute atomic E-state index is 8.53. The lowest BCUT2D eigenvalue weighted by atomic mass is 10.1. The molecule has 1 unspecified atom stereocenters. The molecular formula is C11H17N3O. The molecule has 0 radical (unpaired) electrons. The smallest absolute Gasteiger partial charge is 0.0971 e. The summed E-state index contributed by atoms with van der Waals surface area (Å²) in [6.45, 7) is 4.31. The van der Waals surface area contributed by atoms with Crippen molar-refractivity contribution < 1.29 is 5.21 Å². The number of nitrogens with zero attached hydrogens (tertiary/aromatic N) is 2. The zero-order valence-corrected chi connectivity index (χ0v) is 9.14. The third-order valence-electron chi connectivity index (χ3n) is 2.32. The number of allylic oxidation sites excluding steroid dienone is 2. The topological polar surface area (TPSA) is 57.0 Å². The molecule has 0 saturated carbocycles. The Kier molecular flexibility index (Phi) is 4.60. The molecule has 0 fully saturated rings. The minimum Gasteiger partial charge on any atom is -0.411 e. The fraction of sp³-hybridized carbons (Fsp3) is 0.455. The largest absolute Gasteiger partial charge is 0.411 e. The number of dihydropyridines is 1. The summed E-state index contributed by atoms with van der Waals surface area (Å²) in [5.41, 5.74) is 1.36. The summed E-state index contributed by atoms with van der Waals surface area (Å²) in [7, 11) is 0. The molecule has 82 valence electrons. The molecule has 1 aliphatic heterocycles. The van der Waals surface area contributed by atoms with Crippen LogP contribution in [0.3, 0.4) is 0 Å². The van der Waals surface area contributed by atoms with Gasteiger partial charge in [-0.3, -0.25) is 4.99 Å². The Balaban J connectivity index is 2.32. The maximum atomic E-state index is 8.53. The normalized spacial score (nSPS) is 21.6. The van der Waals surface area contributed by atoms with E-state index in [1.165, 1.54) is 0 Å². The van der Waals surface area contributed by atoms with E-state index in [4.69, 9.17) is 5.21 Å². The minimum atomic E-state index is 0.359. The summed E-state index contributed by atoms with van der Waals surface area (Å²) >= 11 is 0. The van der Waals surface area contributed by atoms with Gasteiger partial charge in [0.15, 0.2) is 0 Å². The highest BCUT2D eigenvalue weighted by Crippen LogP contribution is 2.00. The van der Waals surface area contributed by atoms with Crippen molar-refractivity contribution in [2.45, 2.75) is 26.3 Å². The van der Waals surface area contributed by atoms with Gasteiger partial charge in [-0.15, -0.1) is 0 Å². The van der Waals surface area contributed by atoms with E-state index >= 15 is 0 Å². The lowest BCUT2D eigenvalue weighted by Gasteiger charge is -2.14. The number of oxime groups is 1. The first-order valence-electron chi connectivity index (χ1n) is 5.03. The average molecular weight is 207 g/mol. The molecule has 4 nitrogen and oxygen atoms in total. The van der Waals surface area contributed by atoms with Crippen LogP contribution < -0.4 is 5.32 Å². The molecule has 0 aromatic carbocycles. The molecule has 0 aromatic heterocycles. The van der Waals surface area contributed by atoms with Crippen molar-refractivity contribution >= 4 is 11.4 Å². The predicted octanol–water partition coefficient (Wildman–Crippen LogP) is 1.73. The van der Waals surface area contributed by atoms with Gasteiger partial charge >= 0.3 is 0 Å². The van der Waals surface area contributed by atoms with Crippen LogP contribution in [0.15, 0.2) is 34.6 Å². The van der Waals surface area contributed by atoms with Crippen LogP contribution in [0.25, 0.3) is 0 Å². The van der Waals surface area contributed by atoms with E-state index in [9.17, 15) is 0 Å². The van der Waals surface area contributed by atoms with Gasteiger partial charge in [0.1, 0.15) is 0 Å². The first-order valence-corrected chi connectivity index (χ1v) is 5.03. The number of nitrogens with one attached hydrogen (secondary N) is 1. The van der Waals surface area contributed by atoms with Gasteiger partial charge in [-0.2, -0.15) is 0 Å². The highest BCUT2D eigenvalue weighted by Gasteiger charge is 2.03. The monoisotopic (exact) mass is 207 g/mol. The van der Waals surface area contributed by atoms with Gasteiger partial charge in [-0.05, 0) is 32.5 Å². The van der Waals surface area contributed by atoms with Crippen molar-refractivity contribution in [3.8, 4) is 0 Å². The van der Waals surface area contributed by atoms with Crippen molar-refractivity contribution in [2.24, 2.45) is 10.1 Å². The van der Waals surface area contributed by atoms with Crippen molar-refractivity contribution in [3.05, 3.63) is 24.4 Å². The summed E-state index contributed by atoms with van der Waals surface area (Å²) in [6, 6.07) is 0.359. The molecule has 1 rings (SSSR count). The molecule has 1 heterocycles. The standard InChI is InChI=1S/C11H17N3O/c1-9(10(2)14-15)12-8-6-11-5-3-4-7-13-11/h3-5,7,11,13,15H,6,8H2,1-2H3/b12-9?,14-10+. The first-order chi connectivity index (χ1) is 7.24. The Morgan fingerprint density at radius 1 is 1.33 bits per heavy atom. The van der Waals surface area contributed by atoms with Crippen LogP contribution in [0.4, 0.5) is 0 Å². The molecule has 1 atom stereocenters. The summed E-state index contributed by atoms with van der Waals surface area (Å²) < 4.78 is 0. The zero-order chi connectivity index (χ0) is 11.1. The highest BCUT2D eigenvalue weighted by molar-refractivity contribution is 6.40. The Labute approximate surface area is 90.1 Å². The van der Waals surface area contributed by atoms with Crippen LogP contribution in [0, 0.1) is 0 Å². The summed E-state index contributed by atoms with van der Waals surface area (Å²) in [5.74, 6) is 0. The SMILES string of the molecule is CC(=NCCC1C=CC=CN1)/C(C)=N/O. The Bertz CT molecular complexity index is 316. The Morgan fingerprint density at radius 2 is 2.13 bits per heavy atom. The second kappa shape index (κ2) is 6.01. The Morgan fingerprint density at radius 3 is 2.73 bits per heavy atom. The van der Waals surface area contributed by atoms with E-state index in [2.05, 4.69) is 21.5 Å². The fourth-order valence-electron chi connectivity index (χ4n) is 1.23. The quantitative estimate of drug-likeness (QED) is 0.419. The number of aliphatic imine (C=N–C) groups is 1. The van der Waals surface area contributed by atoms with Crippen molar-refractivity contribution in [3.63, 3.8) is 0 Å². The molecule has 4 heteroatoms. The lowest BCUT2D eigenvalue weighted by Crippen LogP contribution is -2.24. The lowest BCUT2D eigenvalue weighted by molar-refractivity contribution is 0.320. The molecule has 15 heavy (non-hydrogen) atoms. The van der Waals surface area contributed by atoms with Crippen LogP contribution in [-0.2, 0) is 0 Å². The molecule has 1 aliphatic rings. The van der Waals surface area contributed by atoms with Crippen LogP contribution >= 0.6 is 0 Å². The third kappa shape index (κ3) is 3.97. The molecule has 0 bridgehead atoms. The zero-order valence-electron chi connectivity index (χ0n) is 9.14. The molecule has 0 aliphatic carbocycles. The van der Waals surface area contributed by atoms with Crippen molar-refractivity contribution in [1.82, 2.24) is 5.32 Å². The van der Waals surface area contributed by atoms with Crippen molar-refractivity contribution in [2.75, 3.05) is 6.54 Å². The maximum Gasteiger partial charge on any atom is 0.0971 e. The molecule has 0 amide bonds. The van der Waals surface area contributed by atoms with E-state index in [0.29, 0.717) is 11.8 Å². The third-order valence-corrected chi connectivity index (χ3v) is 2.32. The van der Waals surface area contributed by atoms with E-state index in [0.717, 1.165) is 18.7 Å².